The molecule has 0 atom stereocenters. The van der Waals surface area contributed by atoms with Gasteiger partial charge in [0.25, 0.3) is 0 Å². The third-order valence-electron chi connectivity index (χ3n) is 5.37. The van der Waals surface area contributed by atoms with Gasteiger partial charge in [-0.05, 0) is 30.9 Å². The van der Waals surface area contributed by atoms with Crippen molar-refractivity contribution in [2.45, 2.75) is 32.5 Å². The number of aromatic nitrogens is 4. The second-order valence-corrected chi connectivity index (χ2v) is 7.65. The molecule has 3 aromatic heterocycles. The van der Waals surface area contributed by atoms with Crippen molar-refractivity contribution < 1.29 is 18.0 Å². The monoisotopic (exact) mass is 433 g/mol. The summed E-state index contributed by atoms with van der Waals surface area (Å²) in [5, 5.41) is 12.7. The van der Waals surface area contributed by atoms with E-state index in [0.29, 0.717) is 35.8 Å². The van der Waals surface area contributed by atoms with Crippen LogP contribution < -0.4 is 15.5 Å². The molecular formula is C20H22F3N7O. The Balaban J connectivity index is 1.50. The summed E-state index contributed by atoms with van der Waals surface area (Å²) < 4.78 is 39.6. The summed E-state index contributed by atoms with van der Waals surface area (Å²) in [7, 11) is 0. The van der Waals surface area contributed by atoms with Gasteiger partial charge in [0.2, 0.25) is 0 Å². The Morgan fingerprint density at radius 2 is 2.03 bits per heavy atom. The number of nitrogens with one attached hydrogen (secondary N) is 3. The number of nitrogens with zero attached hydrogens (tertiary/aromatic N) is 4. The van der Waals surface area contributed by atoms with Gasteiger partial charge >= 0.3 is 12.2 Å². The summed E-state index contributed by atoms with van der Waals surface area (Å²) in [6.45, 7) is 3.40. The number of urea groups is 1. The van der Waals surface area contributed by atoms with E-state index in [2.05, 4.69) is 37.7 Å². The largest absolute Gasteiger partial charge is 0.433 e. The molecule has 3 aromatic rings. The second kappa shape index (κ2) is 8.40. The average molecular weight is 433 g/mol. The fraction of sp³-hybridized carbons (Fsp3) is 0.400. The standard InChI is InChI=1S/C20H22F3N7O/c1-12-5-8-30(9-6-12)18-13(2-3-16(27-18)20(21,22)23)10-25-19(31)28-17-14-11-26-29-15(14)4-7-24-17/h2-4,7,11-12H,5-6,8-10H2,1H3,(H,26,29)(H2,24,25,28,31). The Morgan fingerprint density at radius 1 is 1.26 bits per heavy atom. The van der Waals surface area contributed by atoms with Gasteiger partial charge in [0.05, 0.1) is 17.1 Å². The van der Waals surface area contributed by atoms with Gasteiger partial charge in [-0.25, -0.2) is 14.8 Å². The van der Waals surface area contributed by atoms with Crippen LogP contribution in [0.25, 0.3) is 10.9 Å². The van der Waals surface area contributed by atoms with Crippen LogP contribution in [0, 0.1) is 5.92 Å². The number of halogens is 3. The molecule has 164 valence electrons. The molecule has 0 spiro atoms. The number of hydrogen-bond acceptors (Lipinski definition) is 5. The number of pyridine rings is 2. The SMILES string of the molecule is CC1CCN(c2nc(C(F)(F)F)ccc2CNC(=O)Nc2nccc3[nH]ncc23)CC1. The van der Waals surface area contributed by atoms with Gasteiger partial charge < -0.3 is 10.2 Å². The van der Waals surface area contributed by atoms with Gasteiger partial charge in [-0.1, -0.05) is 13.0 Å². The number of H-pyrrole nitrogens is 1. The van der Waals surface area contributed by atoms with Crippen LogP contribution >= 0.6 is 0 Å². The van der Waals surface area contributed by atoms with Crippen LogP contribution in [0.5, 0.6) is 0 Å². The quantitative estimate of drug-likeness (QED) is 0.579. The minimum atomic E-state index is -4.53. The maximum Gasteiger partial charge on any atom is 0.433 e. The zero-order chi connectivity index (χ0) is 22.0. The molecule has 0 unspecified atom stereocenters. The number of amides is 2. The molecule has 1 fully saturated rings. The van der Waals surface area contributed by atoms with Crippen molar-refractivity contribution in [3.63, 3.8) is 0 Å². The predicted octanol–water partition coefficient (Wildman–Crippen LogP) is 3.93. The van der Waals surface area contributed by atoms with Gasteiger partial charge in [0.15, 0.2) is 0 Å². The zero-order valence-corrected chi connectivity index (χ0v) is 16.8. The van der Waals surface area contributed by atoms with Crippen LogP contribution in [0.4, 0.5) is 29.6 Å². The normalized spacial score (nSPS) is 15.3. The molecule has 0 aromatic carbocycles. The van der Waals surface area contributed by atoms with E-state index in [1.807, 2.05) is 4.90 Å². The van der Waals surface area contributed by atoms with E-state index in [4.69, 9.17) is 0 Å². The fourth-order valence-corrected chi connectivity index (χ4v) is 3.56. The van der Waals surface area contributed by atoms with Crippen molar-refractivity contribution in [1.82, 2.24) is 25.5 Å². The first-order valence-corrected chi connectivity index (χ1v) is 9.96. The number of fused-ring (bicyclic) bond motifs is 1. The first-order valence-electron chi connectivity index (χ1n) is 9.96. The van der Waals surface area contributed by atoms with E-state index >= 15 is 0 Å². The van der Waals surface area contributed by atoms with Gasteiger partial charge in [-0.3, -0.25) is 10.4 Å². The Kier molecular flexibility index (Phi) is 5.66. The van der Waals surface area contributed by atoms with Crippen LogP contribution in [0.2, 0.25) is 0 Å². The third-order valence-corrected chi connectivity index (χ3v) is 5.37. The maximum atomic E-state index is 13.2. The van der Waals surface area contributed by atoms with Crippen LogP contribution in [0.3, 0.4) is 0 Å². The van der Waals surface area contributed by atoms with Crippen molar-refractivity contribution in [2.24, 2.45) is 5.92 Å². The van der Waals surface area contributed by atoms with Crippen molar-refractivity contribution in [1.29, 1.82) is 0 Å². The van der Waals surface area contributed by atoms with Crippen molar-refractivity contribution in [3.8, 4) is 0 Å². The summed E-state index contributed by atoms with van der Waals surface area (Å²) in [4.78, 5) is 22.3. The van der Waals surface area contributed by atoms with Crippen LogP contribution in [0.1, 0.15) is 31.0 Å². The molecular weight excluding hydrogens is 411 g/mol. The predicted molar refractivity (Wildman–Crippen MR) is 110 cm³/mol. The Morgan fingerprint density at radius 3 is 2.77 bits per heavy atom. The molecule has 3 N–H and O–H groups in total. The van der Waals surface area contributed by atoms with E-state index in [1.54, 1.807) is 12.3 Å². The number of hydrogen-bond donors (Lipinski definition) is 3. The maximum absolute atomic E-state index is 13.2. The Bertz CT molecular complexity index is 1070. The molecule has 0 bridgehead atoms. The lowest BCUT2D eigenvalue weighted by atomic mass is 9.99. The highest BCUT2D eigenvalue weighted by Crippen LogP contribution is 2.32. The molecule has 11 heteroatoms. The molecule has 0 saturated carbocycles. The lowest BCUT2D eigenvalue weighted by Gasteiger charge is -2.33. The summed E-state index contributed by atoms with van der Waals surface area (Å²) >= 11 is 0. The van der Waals surface area contributed by atoms with E-state index in [-0.39, 0.29) is 12.4 Å². The molecule has 1 aliphatic rings. The molecule has 0 aliphatic carbocycles. The van der Waals surface area contributed by atoms with Gasteiger partial charge in [0, 0.05) is 31.4 Å². The minimum absolute atomic E-state index is 0.0275. The first-order chi connectivity index (χ1) is 14.8. The molecule has 31 heavy (non-hydrogen) atoms. The highest BCUT2D eigenvalue weighted by molar-refractivity contribution is 5.98. The molecule has 1 saturated heterocycles. The summed E-state index contributed by atoms with van der Waals surface area (Å²) in [5.41, 5.74) is 0.302. The van der Waals surface area contributed by atoms with Gasteiger partial charge in [-0.15, -0.1) is 0 Å². The number of carbonyl (C=O) groups excluding carboxylic acids is 1. The van der Waals surface area contributed by atoms with Crippen molar-refractivity contribution in [3.05, 3.63) is 41.9 Å². The van der Waals surface area contributed by atoms with Crippen molar-refractivity contribution >= 4 is 28.6 Å². The summed E-state index contributed by atoms with van der Waals surface area (Å²) in [6.07, 6.45) is 0.311. The molecule has 2 amide bonds. The molecule has 8 nitrogen and oxygen atoms in total. The number of piperidine rings is 1. The lowest BCUT2D eigenvalue weighted by Crippen LogP contribution is -2.36. The van der Waals surface area contributed by atoms with Crippen LogP contribution in [-0.2, 0) is 12.7 Å². The number of carbonyl (C=O) groups is 1. The van der Waals surface area contributed by atoms with Crippen molar-refractivity contribution in [2.75, 3.05) is 23.3 Å². The molecule has 4 rings (SSSR count). The summed E-state index contributed by atoms with van der Waals surface area (Å²) in [6, 6.07) is 3.52. The molecule has 4 heterocycles. The third kappa shape index (κ3) is 4.70. The zero-order valence-electron chi connectivity index (χ0n) is 16.8. The topological polar surface area (TPSA) is 98.8 Å². The number of rotatable bonds is 4. The van der Waals surface area contributed by atoms with Crippen LogP contribution in [0.15, 0.2) is 30.6 Å². The van der Waals surface area contributed by atoms with E-state index in [9.17, 15) is 18.0 Å². The lowest BCUT2D eigenvalue weighted by molar-refractivity contribution is -0.141. The number of alkyl halides is 3. The number of anilines is 2. The Hall–Kier alpha value is -3.37. The van der Waals surface area contributed by atoms with E-state index in [1.165, 1.54) is 12.3 Å². The fourth-order valence-electron chi connectivity index (χ4n) is 3.56. The second-order valence-electron chi connectivity index (χ2n) is 7.65. The first kappa shape index (κ1) is 20.9. The highest BCUT2D eigenvalue weighted by atomic mass is 19.4. The Labute approximate surface area is 176 Å². The molecule has 0 radical (unpaired) electrons. The molecule has 1 aliphatic heterocycles. The number of aromatic amines is 1. The van der Waals surface area contributed by atoms with E-state index < -0.39 is 17.9 Å². The minimum Gasteiger partial charge on any atom is -0.356 e. The smallest absolute Gasteiger partial charge is 0.356 e. The van der Waals surface area contributed by atoms with Gasteiger partial charge in [-0.2, -0.15) is 18.3 Å². The van der Waals surface area contributed by atoms with E-state index in [0.717, 1.165) is 24.4 Å². The highest BCUT2D eigenvalue weighted by Gasteiger charge is 2.34. The van der Waals surface area contributed by atoms with Crippen LogP contribution in [-0.4, -0.2) is 39.3 Å². The average Bonchev–Trinajstić information content (AvgIpc) is 3.22. The summed E-state index contributed by atoms with van der Waals surface area (Å²) in [5.74, 6) is 1.11. The van der Waals surface area contributed by atoms with Gasteiger partial charge in [0.1, 0.15) is 17.3 Å².